The number of esters is 1. The number of likely N-dealkylation sites (N-methyl/N-ethyl adjacent to an activating group) is 1. The van der Waals surface area contributed by atoms with E-state index in [1.165, 1.54) is 27.2 Å². The second-order valence-corrected chi connectivity index (χ2v) is 10.4. The largest absolute Gasteiger partial charge is 0.463 e. The Bertz CT molecular complexity index is 1530. The molecule has 2 aromatic heterocycles. The van der Waals surface area contributed by atoms with Crippen molar-refractivity contribution in [3.63, 3.8) is 0 Å². The van der Waals surface area contributed by atoms with Crippen molar-refractivity contribution >= 4 is 61.7 Å². The summed E-state index contributed by atoms with van der Waals surface area (Å²) in [5, 5.41) is 1.90. The fourth-order valence-electron chi connectivity index (χ4n) is 4.17. The van der Waals surface area contributed by atoms with Crippen molar-refractivity contribution in [2.75, 3.05) is 18.6 Å². The standard InChI is InChI=1S/C23H18BrN3O4S2/c1-4-31-22(30)16-11(2)25-23-27(18(16)15-6-5-9-32-15)21(29)19(33-23)17-13-10-12(24)7-8-14(13)26(3)20(17)28/h5-10,18H,4H2,1-3H3/b19-17-/t18-/m1/s1. The molecule has 0 fully saturated rings. The van der Waals surface area contributed by atoms with Gasteiger partial charge in [0.25, 0.3) is 11.5 Å². The highest BCUT2D eigenvalue weighted by atomic mass is 79.9. The van der Waals surface area contributed by atoms with Crippen molar-refractivity contribution in [2.24, 2.45) is 4.99 Å². The van der Waals surface area contributed by atoms with Crippen LogP contribution in [-0.4, -0.2) is 30.1 Å². The van der Waals surface area contributed by atoms with Crippen LogP contribution in [0.2, 0.25) is 0 Å². The highest BCUT2D eigenvalue weighted by Crippen LogP contribution is 2.37. The fourth-order valence-corrected chi connectivity index (χ4v) is 6.49. The van der Waals surface area contributed by atoms with Gasteiger partial charge in [-0.05, 0) is 43.5 Å². The molecule has 0 N–H and O–H groups in total. The van der Waals surface area contributed by atoms with Gasteiger partial charge in [-0.1, -0.05) is 33.3 Å². The molecule has 2 aliphatic heterocycles. The molecule has 10 heteroatoms. The number of ether oxygens (including phenoxy) is 1. The van der Waals surface area contributed by atoms with E-state index in [0.29, 0.717) is 31.7 Å². The lowest BCUT2D eigenvalue weighted by molar-refractivity contribution is -0.139. The maximum absolute atomic E-state index is 13.8. The van der Waals surface area contributed by atoms with Gasteiger partial charge in [-0.15, -0.1) is 11.3 Å². The summed E-state index contributed by atoms with van der Waals surface area (Å²) in [4.78, 5) is 47.3. The van der Waals surface area contributed by atoms with Crippen LogP contribution < -0.4 is 19.8 Å². The number of hydrogen-bond acceptors (Lipinski definition) is 7. The van der Waals surface area contributed by atoms with Gasteiger partial charge in [-0.3, -0.25) is 14.2 Å². The quantitative estimate of drug-likeness (QED) is 0.475. The molecule has 0 radical (unpaired) electrons. The van der Waals surface area contributed by atoms with E-state index >= 15 is 0 Å². The molecule has 1 amide bonds. The second-order valence-electron chi connectivity index (χ2n) is 7.54. The Hall–Kier alpha value is -2.82. The molecular weight excluding hydrogens is 526 g/mol. The predicted octanol–water partition coefficient (Wildman–Crippen LogP) is 2.97. The average molecular weight is 544 g/mol. The number of fused-ring (bicyclic) bond motifs is 2. The lowest BCUT2D eigenvalue weighted by atomic mass is 10.0. The predicted molar refractivity (Wildman–Crippen MR) is 131 cm³/mol. The Labute approximate surface area is 205 Å². The minimum atomic E-state index is -0.661. The first-order valence-electron chi connectivity index (χ1n) is 10.2. The summed E-state index contributed by atoms with van der Waals surface area (Å²) >= 11 is 6.08. The summed E-state index contributed by atoms with van der Waals surface area (Å²) in [6, 6.07) is 8.65. The van der Waals surface area contributed by atoms with Crippen LogP contribution in [0.3, 0.4) is 0 Å². The topological polar surface area (TPSA) is 81.0 Å². The molecule has 1 atom stereocenters. The molecule has 0 saturated carbocycles. The molecule has 7 nitrogen and oxygen atoms in total. The lowest BCUT2D eigenvalue weighted by Crippen LogP contribution is -2.40. The first-order chi connectivity index (χ1) is 15.8. The van der Waals surface area contributed by atoms with E-state index in [9.17, 15) is 14.4 Å². The van der Waals surface area contributed by atoms with Crippen LogP contribution in [-0.2, 0) is 14.3 Å². The number of anilines is 1. The van der Waals surface area contributed by atoms with Gasteiger partial charge in [0.05, 0.1) is 29.1 Å². The van der Waals surface area contributed by atoms with Gasteiger partial charge < -0.3 is 9.64 Å². The zero-order chi connectivity index (χ0) is 23.4. The Morgan fingerprint density at radius 1 is 1.27 bits per heavy atom. The van der Waals surface area contributed by atoms with Crippen molar-refractivity contribution in [3.8, 4) is 0 Å². The third-order valence-electron chi connectivity index (χ3n) is 5.64. The van der Waals surface area contributed by atoms with Crippen molar-refractivity contribution in [1.29, 1.82) is 0 Å². The maximum atomic E-state index is 13.8. The molecule has 168 valence electrons. The number of benzene rings is 1. The summed E-state index contributed by atoms with van der Waals surface area (Å²) in [5.41, 5.74) is 2.26. The molecule has 0 aliphatic carbocycles. The molecule has 33 heavy (non-hydrogen) atoms. The van der Waals surface area contributed by atoms with E-state index in [4.69, 9.17) is 4.74 Å². The van der Waals surface area contributed by atoms with E-state index in [2.05, 4.69) is 20.9 Å². The van der Waals surface area contributed by atoms with Crippen molar-refractivity contribution in [3.05, 3.63) is 81.6 Å². The molecule has 5 rings (SSSR count). The number of carbonyl (C=O) groups excluding carboxylic acids is 2. The number of amides is 1. The van der Waals surface area contributed by atoms with E-state index in [1.807, 2.05) is 35.7 Å². The van der Waals surface area contributed by atoms with Gasteiger partial charge in [0, 0.05) is 22.0 Å². The number of hydrogen-bond donors (Lipinski definition) is 0. The summed E-state index contributed by atoms with van der Waals surface area (Å²) in [7, 11) is 1.69. The Balaban J connectivity index is 1.83. The van der Waals surface area contributed by atoms with Crippen LogP contribution in [0.4, 0.5) is 5.69 Å². The molecule has 0 bridgehead atoms. The molecule has 0 unspecified atom stereocenters. The molecule has 1 aromatic carbocycles. The maximum Gasteiger partial charge on any atom is 0.338 e. The SMILES string of the molecule is CCOC(=O)C1=C(C)N=c2s/c(=C3\C(=O)N(C)c4ccc(Br)cc43)c(=O)n2[C@@H]1c1cccs1. The number of allylic oxidation sites excluding steroid dienone is 1. The normalized spacial score (nSPS) is 18.8. The molecule has 3 aromatic rings. The van der Waals surface area contributed by atoms with E-state index < -0.39 is 12.0 Å². The Morgan fingerprint density at radius 3 is 2.76 bits per heavy atom. The monoisotopic (exact) mass is 543 g/mol. The van der Waals surface area contributed by atoms with Crippen LogP contribution in [0, 0.1) is 0 Å². The highest BCUT2D eigenvalue weighted by molar-refractivity contribution is 9.10. The minimum Gasteiger partial charge on any atom is -0.463 e. The number of thiophene rings is 1. The van der Waals surface area contributed by atoms with E-state index in [1.54, 1.807) is 25.8 Å². The third kappa shape index (κ3) is 3.35. The van der Waals surface area contributed by atoms with Gasteiger partial charge in [0.15, 0.2) is 4.80 Å². The van der Waals surface area contributed by atoms with Gasteiger partial charge in [-0.25, -0.2) is 9.79 Å². The summed E-state index contributed by atoms with van der Waals surface area (Å²) < 4.78 is 7.93. The van der Waals surface area contributed by atoms with Crippen LogP contribution in [0.5, 0.6) is 0 Å². The fraction of sp³-hybridized carbons (Fsp3) is 0.217. The third-order valence-corrected chi connectivity index (χ3v) is 8.11. The second kappa shape index (κ2) is 8.19. The number of halogens is 1. The molecule has 0 saturated heterocycles. The summed E-state index contributed by atoms with van der Waals surface area (Å²) in [6.07, 6.45) is 0. The molecule has 2 aliphatic rings. The number of aromatic nitrogens is 1. The van der Waals surface area contributed by atoms with Gasteiger partial charge in [0.1, 0.15) is 10.6 Å². The first kappa shape index (κ1) is 22.0. The zero-order valence-electron chi connectivity index (χ0n) is 17.9. The summed E-state index contributed by atoms with van der Waals surface area (Å²) in [6.45, 7) is 3.70. The van der Waals surface area contributed by atoms with Gasteiger partial charge >= 0.3 is 5.97 Å². The van der Waals surface area contributed by atoms with Crippen LogP contribution in [0.1, 0.15) is 30.3 Å². The van der Waals surface area contributed by atoms with E-state index in [0.717, 1.165) is 15.0 Å². The van der Waals surface area contributed by atoms with Crippen molar-refractivity contribution < 1.29 is 14.3 Å². The number of nitrogens with zero attached hydrogens (tertiary/aromatic N) is 3. The van der Waals surface area contributed by atoms with Gasteiger partial charge in [-0.2, -0.15) is 0 Å². The van der Waals surface area contributed by atoms with Crippen LogP contribution in [0.25, 0.3) is 5.57 Å². The zero-order valence-corrected chi connectivity index (χ0v) is 21.1. The molecule has 4 heterocycles. The Morgan fingerprint density at radius 2 is 2.06 bits per heavy atom. The average Bonchev–Trinajstić information content (AvgIpc) is 3.46. The summed E-state index contributed by atoms with van der Waals surface area (Å²) in [5.74, 6) is -0.747. The van der Waals surface area contributed by atoms with Crippen LogP contribution in [0.15, 0.2) is 61.2 Å². The number of carbonyl (C=O) groups is 2. The van der Waals surface area contributed by atoms with Crippen LogP contribution >= 0.6 is 38.6 Å². The number of rotatable bonds is 3. The first-order valence-corrected chi connectivity index (χ1v) is 12.7. The highest BCUT2D eigenvalue weighted by Gasteiger charge is 2.36. The number of thiazole rings is 1. The smallest absolute Gasteiger partial charge is 0.338 e. The lowest BCUT2D eigenvalue weighted by Gasteiger charge is -2.23. The Kier molecular flexibility index (Phi) is 5.46. The minimum absolute atomic E-state index is 0.216. The van der Waals surface area contributed by atoms with Crippen molar-refractivity contribution in [1.82, 2.24) is 4.57 Å². The van der Waals surface area contributed by atoms with E-state index in [-0.39, 0.29) is 18.1 Å². The molecule has 0 spiro atoms. The molecular formula is C23H18BrN3O4S2. The van der Waals surface area contributed by atoms with Gasteiger partial charge in [0.2, 0.25) is 0 Å². The van der Waals surface area contributed by atoms with Crippen molar-refractivity contribution in [2.45, 2.75) is 19.9 Å².